The van der Waals surface area contributed by atoms with Gasteiger partial charge in [0.15, 0.2) is 0 Å². The number of amides is 3. The lowest BCUT2D eigenvalue weighted by molar-refractivity contribution is -0.136. The highest BCUT2D eigenvalue weighted by atomic mass is 16.2. The van der Waals surface area contributed by atoms with Crippen LogP contribution in [0.15, 0.2) is 24.3 Å². The second-order valence-corrected chi connectivity index (χ2v) is 7.63. The summed E-state index contributed by atoms with van der Waals surface area (Å²) in [6.45, 7) is 7.75. The third-order valence-electron chi connectivity index (χ3n) is 3.47. The van der Waals surface area contributed by atoms with Gasteiger partial charge >= 0.3 is 0 Å². The van der Waals surface area contributed by atoms with Gasteiger partial charge in [-0.1, -0.05) is 17.7 Å². The summed E-state index contributed by atoms with van der Waals surface area (Å²) in [6.07, 6.45) is 0. The van der Waals surface area contributed by atoms with Crippen LogP contribution in [0.3, 0.4) is 0 Å². The number of nitrogens with zero attached hydrogens (tertiary/aromatic N) is 2. The first-order valence-electron chi connectivity index (χ1n) is 8.56. The van der Waals surface area contributed by atoms with Crippen LogP contribution in [0.2, 0.25) is 0 Å². The Morgan fingerprint density at radius 1 is 0.923 bits per heavy atom. The molecule has 0 aromatic heterocycles. The molecular weight excluding hydrogens is 332 g/mol. The minimum atomic E-state index is -0.341. The van der Waals surface area contributed by atoms with E-state index in [-0.39, 0.29) is 42.9 Å². The molecule has 0 saturated carbocycles. The molecule has 1 rings (SSSR count). The third-order valence-corrected chi connectivity index (χ3v) is 3.47. The molecule has 0 heterocycles. The zero-order chi connectivity index (χ0) is 19.9. The van der Waals surface area contributed by atoms with E-state index in [2.05, 4.69) is 10.6 Å². The molecule has 0 atom stereocenters. The molecular formula is C19H30N4O3. The molecule has 0 aliphatic rings. The van der Waals surface area contributed by atoms with E-state index in [1.807, 2.05) is 52.0 Å². The first kappa shape index (κ1) is 21.6. The minimum absolute atomic E-state index is 0.0144. The van der Waals surface area contributed by atoms with E-state index in [1.54, 1.807) is 19.0 Å². The number of benzene rings is 1. The van der Waals surface area contributed by atoms with E-state index < -0.39 is 0 Å². The lowest BCUT2D eigenvalue weighted by Gasteiger charge is -2.24. The predicted octanol–water partition coefficient (Wildman–Crippen LogP) is 1.24. The fourth-order valence-electron chi connectivity index (χ4n) is 2.25. The second kappa shape index (κ2) is 9.33. The number of likely N-dealkylation sites (N-methyl/N-ethyl adjacent to an activating group) is 2. The van der Waals surface area contributed by atoms with Crippen molar-refractivity contribution in [1.82, 2.24) is 15.1 Å². The van der Waals surface area contributed by atoms with E-state index >= 15 is 0 Å². The summed E-state index contributed by atoms with van der Waals surface area (Å²) in [7, 11) is 3.26. The van der Waals surface area contributed by atoms with Gasteiger partial charge in [-0.25, -0.2) is 0 Å². The lowest BCUT2D eigenvalue weighted by Crippen LogP contribution is -2.48. The van der Waals surface area contributed by atoms with E-state index in [0.717, 1.165) is 11.3 Å². The molecule has 7 heteroatoms. The number of anilines is 1. The van der Waals surface area contributed by atoms with Crippen LogP contribution in [0.4, 0.5) is 5.69 Å². The number of aryl methyl sites for hydroxylation is 1. The molecule has 3 amide bonds. The number of rotatable bonds is 7. The van der Waals surface area contributed by atoms with Crippen LogP contribution < -0.4 is 10.6 Å². The fraction of sp³-hybridized carbons (Fsp3) is 0.526. The molecule has 0 unspecified atom stereocenters. The van der Waals surface area contributed by atoms with Crippen LogP contribution in [0.5, 0.6) is 0 Å². The van der Waals surface area contributed by atoms with Gasteiger partial charge in [0, 0.05) is 18.3 Å². The van der Waals surface area contributed by atoms with Crippen molar-refractivity contribution < 1.29 is 14.4 Å². The molecule has 2 N–H and O–H groups in total. The average molecular weight is 362 g/mol. The largest absolute Gasteiger partial charge is 0.350 e. The molecule has 0 bridgehead atoms. The zero-order valence-electron chi connectivity index (χ0n) is 16.5. The van der Waals surface area contributed by atoms with Gasteiger partial charge in [-0.2, -0.15) is 0 Å². The maximum Gasteiger partial charge on any atom is 0.240 e. The number of carbonyl (C=O) groups is 3. The third kappa shape index (κ3) is 8.62. The van der Waals surface area contributed by atoms with Crippen molar-refractivity contribution in [1.29, 1.82) is 0 Å². The van der Waals surface area contributed by atoms with Gasteiger partial charge in [0.05, 0.1) is 19.6 Å². The summed E-state index contributed by atoms with van der Waals surface area (Å²) < 4.78 is 0. The fourth-order valence-corrected chi connectivity index (χ4v) is 2.25. The summed E-state index contributed by atoms with van der Waals surface area (Å²) in [5.74, 6) is -0.634. The molecule has 144 valence electrons. The molecule has 0 fully saturated rings. The molecule has 0 aliphatic carbocycles. The molecule has 0 radical (unpaired) electrons. The Morgan fingerprint density at radius 2 is 1.50 bits per heavy atom. The van der Waals surface area contributed by atoms with E-state index in [4.69, 9.17) is 0 Å². The van der Waals surface area contributed by atoms with Crippen LogP contribution in [0, 0.1) is 6.92 Å². The molecule has 1 aromatic rings. The van der Waals surface area contributed by atoms with E-state index in [0.29, 0.717) is 0 Å². The van der Waals surface area contributed by atoms with Crippen molar-refractivity contribution in [3.05, 3.63) is 29.8 Å². The number of carbonyl (C=O) groups excluding carboxylic acids is 3. The van der Waals surface area contributed by atoms with Crippen LogP contribution in [0.1, 0.15) is 26.3 Å². The summed E-state index contributed by atoms with van der Waals surface area (Å²) in [4.78, 5) is 39.1. The maximum absolute atomic E-state index is 12.2. The van der Waals surface area contributed by atoms with E-state index in [9.17, 15) is 14.4 Å². The van der Waals surface area contributed by atoms with Gasteiger partial charge in [-0.15, -0.1) is 0 Å². The quantitative estimate of drug-likeness (QED) is 0.765. The van der Waals surface area contributed by atoms with Gasteiger partial charge in [0.1, 0.15) is 0 Å². The summed E-state index contributed by atoms with van der Waals surface area (Å²) in [5, 5.41) is 5.60. The van der Waals surface area contributed by atoms with Gasteiger partial charge in [-0.3, -0.25) is 19.3 Å². The van der Waals surface area contributed by atoms with Crippen molar-refractivity contribution in [2.45, 2.75) is 33.2 Å². The highest BCUT2D eigenvalue weighted by Crippen LogP contribution is 2.08. The van der Waals surface area contributed by atoms with Crippen molar-refractivity contribution in [3.63, 3.8) is 0 Å². The van der Waals surface area contributed by atoms with Crippen LogP contribution >= 0.6 is 0 Å². The van der Waals surface area contributed by atoms with Gasteiger partial charge < -0.3 is 15.5 Å². The van der Waals surface area contributed by atoms with E-state index in [1.165, 1.54) is 4.90 Å². The first-order chi connectivity index (χ1) is 12.0. The summed E-state index contributed by atoms with van der Waals surface area (Å²) >= 11 is 0. The summed E-state index contributed by atoms with van der Waals surface area (Å²) in [5.41, 5.74) is 1.49. The Kier molecular flexibility index (Phi) is 7.76. The van der Waals surface area contributed by atoms with Crippen molar-refractivity contribution in [3.8, 4) is 0 Å². The summed E-state index contributed by atoms with van der Waals surface area (Å²) in [6, 6.07) is 7.50. The average Bonchev–Trinajstić information content (AvgIpc) is 2.47. The number of nitrogens with one attached hydrogen (secondary N) is 2. The maximum atomic E-state index is 12.2. The second-order valence-electron chi connectivity index (χ2n) is 7.63. The molecule has 1 aromatic carbocycles. The lowest BCUT2D eigenvalue weighted by atomic mass is 10.1. The zero-order valence-corrected chi connectivity index (χ0v) is 16.5. The minimum Gasteiger partial charge on any atom is -0.350 e. The topological polar surface area (TPSA) is 81.8 Å². The smallest absolute Gasteiger partial charge is 0.240 e. The monoisotopic (exact) mass is 362 g/mol. The first-order valence-corrected chi connectivity index (χ1v) is 8.56. The Morgan fingerprint density at radius 3 is 2.04 bits per heavy atom. The van der Waals surface area contributed by atoms with Crippen molar-refractivity contribution in [2.75, 3.05) is 39.0 Å². The van der Waals surface area contributed by atoms with Crippen LogP contribution in [-0.4, -0.2) is 66.8 Å². The Hall–Kier alpha value is -2.41. The standard InChI is InChI=1S/C19H30N4O3/c1-14-7-9-15(10-8-14)20-16(24)11-22(5)13-18(26)23(6)12-17(25)21-19(2,3)4/h7-10H,11-13H2,1-6H3,(H,20,24)(H,21,25). The predicted molar refractivity (Wildman–Crippen MR) is 103 cm³/mol. The highest BCUT2D eigenvalue weighted by molar-refractivity contribution is 5.92. The SMILES string of the molecule is Cc1ccc(NC(=O)CN(C)CC(=O)N(C)CC(=O)NC(C)(C)C)cc1. The normalized spacial score (nSPS) is 11.2. The molecule has 0 spiro atoms. The highest BCUT2D eigenvalue weighted by Gasteiger charge is 2.19. The molecule has 26 heavy (non-hydrogen) atoms. The van der Waals surface area contributed by atoms with Gasteiger partial charge in [0.2, 0.25) is 17.7 Å². The Labute approximate surface area is 155 Å². The van der Waals surface area contributed by atoms with Crippen LogP contribution in [-0.2, 0) is 14.4 Å². The number of hydrogen-bond acceptors (Lipinski definition) is 4. The Bertz CT molecular complexity index is 635. The Balaban J connectivity index is 2.41. The van der Waals surface area contributed by atoms with Gasteiger partial charge in [0.25, 0.3) is 0 Å². The van der Waals surface area contributed by atoms with Crippen LogP contribution in [0.25, 0.3) is 0 Å². The molecule has 7 nitrogen and oxygen atoms in total. The van der Waals surface area contributed by atoms with Crippen molar-refractivity contribution >= 4 is 23.4 Å². The number of hydrogen-bond donors (Lipinski definition) is 2. The van der Waals surface area contributed by atoms with Gasteiger partial charge in [-0.05, 0) is 46.9 Å². The van der Waals surface area contributed by atoms with Crippen molar-refractivity contribution in [2.24, 2.45) is 0 Å². The molecule has 0 aliphatic heterocycles. The molecule has 0 saturated heterocycles.